The molecule has 0 amide bonds. The summed E-state index contributed by atoms with van der Waals surface area (Å²) in [5.41, 5.74) is -0.609. The summed E-state index contributed by atoms with van der Waals surface area (Å²) in [4.78, 5) is 0. The van der Waals surface area contributed by atoms with E-state index in [-0.39, 0.29) is 5.02 Å². The van der Waals surface area contributed by atoms with Gasteiger partial charge in [0.1, 0.15) is 5.82 Å². The Morgan fingerprint density at radius 2 is 1.79 bits per heavy atom. The molecule has 1 atom stereocenters. The zero-order valence-corrected chi connectivity index (χ0v) is 7.40. The third-order valence-corrected chi connectivity index (χ3v) is 1.73. The molecule has 0 spiro atoms. The van der Waals surface area contributed by atoms with Gasteiger partial charge in [-0.15, -0.1) is 0 Å². The second kappa shape index (κ2) is 3.74. The highest BCUT2D eigenvalue weighted by atomic mass is 35.5. The molecule has 1 N–H and O–H groups in total. The molecule has 6 heteroatoms. The SMILES string of the molecule is OC(c1cc(F)cc(Cl)c1)C(F)(F)F. The minimum absolute atomic E-state index is 0.191. The van der Waals surface area contributed by atoms with Crippen LogP contribution in [0.2, 0.25) is 5.02 Å². The van der Waals surface area contributed by atoms with E-state index in [9.17, 15) is 17.6 Å². The summed E-state index contributed by atoms with van der Waals surface area (Å²) in [6, 6.07) is 2.31. The van der Waals surface area contributed by atoms with Gasteiger partial charge in [-0.3, -0.25) is 0 Å². The third kappa shape index (κ3) is 2.59. The lowest BCUT2D eigenvalue weighted by Gasteiger charge is -2.14. The lowest BCUT2D eigenvalue weighted by Crippen LogP contribution is -2.20. The highest BCUT2D eigenvalue weighted by Crippen LogP contribution is 2.33. The summed E-state index contributed by atoms with van der Waals surface area (Å²) in [7, 11) is 0. The molecule has 0 radical (unpaired) electrons. The number of aliphatic hydroxyl groups excluding tert-OH is 1. The van der Waals surface area contributed by atoms with E-state index in [4.69, 9.17) is 16.7 Å². The van der Waals surface area contributed by atoms with E-state index in [1.54, 1.807) is 0 Å². The molecule has 0 fully saturated rings. The van der Waals surface area contributed by atoms with Gasteiger partial charge in [-0.1, -0.05) is 11.6 Å². The highest BCUT2D eigenvalue weighted by Gasteiger charge is 2.39. The smallest absolute Gasteiger partial charge is 0.379 e. The largest absolute Gasteiger partial charge is 0.418 e. The number of aliphatic hydroxyl groups is 1. The van der Waals surface area contributed by atoms with E-state index >= 15 is 0 Å². The second-order valence-electron chi connectivity index (χ2n) is 2.65. The van der Waals surface area contributed by atoms with Gasteiger partial charge in [-0.2, -0.15) is 13.2 Å². The van der Waals surface area contributed by atoms with Crippen molar-refractivity contribution in [2.24, 2.45) is 0 Å². The van der Waals surface area contributed by atoms with Crippen LogP contribution in [0.4, 0.5) is 17.6 Å². The first-order valence-corrected chi connectivity index (χ1v) is 3.89. The lowest BCUT2D eigenvalue weighted by atomic mass is 10.1. The van der Waals surface area contributed by atoms with Crippen LogP contribution in [0, 0.1) is 5.82 Å². The molecule has 0 heterocycles. The molecule has 0 bridgehead atoms. The maximum atomic E-state index is 12.6. The van der Waals surface area contributed by atoms with Crippen LogP contribution >= 0.6 is 11.6 Å². The molecule has 0 aliphatic rings. The van der Waals surface area contributed by atoms with Gasteiger partial charge in [0.2, 0.25) is 0 Å². The normalized spacial score (nSPS) is 14.1. The number of halogens is 5. The second-order valence-corrected chi connectivity index (χ2v) is 3.08. The fourth-order valence-electron chi connectivity index (χ4n) is 0.922. The summed E-state index contributed by atoms with van der Waals surface area (Å²) in [5, 5.41) is 8.56. The molecule has 0 saturated carbocycles. The van der Waals surface area contributed by atoms with Crippen LogP contribution in [0.3, 0.4) is 0 Å². The minimum Gasteiger partial charge on any atom is -0.379 e. The predicted molar refractivity (Wildman–Crippen MR) is 42.4 cm³/mol. The van der Waals surface area contributed by atoms with Gasteiger partial charge < -0.3 is 5.11 Å². The molecule has 1 rings (SSSR count). The van der Waals surface area contributed by atoms with Crippen LogP contribution in [0.1, 0.15) is 11.7 Å². The zero-order chi connectivity index (χ0) is 10.9. The van der Waals surface area contributed by atoms with Crippen LogP contribution in [0.25, 0.3) is 0 Å². The van der Waals surface area contributed by atoms with Crippen molar-refractivity contribution in [1.29, 1.82) is 0 Å². The molecule has 1 unspecified atom stereocenters. The van der Waals surface area contributed by atoms with Gasteiger partial charge in [0, 0.05) is 5.02 Å². The summed E-state index contributed by atoms with van der Waals surface area (Å²) in [5.74, 6) is -0.921. The number of rotatable bonds is 1. The Morgan fingerprint density at radius 1 is 1.21 bits per heavy atom. The van der Waals surface area contributed by atoms with Gasteiger partial charge in [0.25, 0.3) is 0 Å². The van der Waals surface area contributed by atoms with E-state index in [1.807, 2.05) is 0 Å². The summed E-state index contributed by atoms with van der Waals surface area (Å²) < 4.78 is 48.6. The maximum Gasteiger partial charge on any atom is 0.418 e. The zero-order valence-electron chi connectivity index (χ0n) is 6.65. The van der Waals surface area contributed by atoms with Gasteiger partial charge in [-0.25, -0.2) is 4.39 Å². The van der Waals surface area contributed by atoms with Crippen LogP contribution in [0.5, 0.6) is 0 Å². The Kier molecular flexibility index (Phi) is 3.01. The van der Waals surface area contributed by atoms with E-state index in [0.717, 1.165) is 12.1 Å². The van der Waals surface area contributed by atoms with Crippen molar-refractivity contribution in [3.8, 4) is 0 Å². The molecule has 0 aliphatic carbocycles. The Labute approximate surface area is 81.9 Å². The molecule has 14 heavy (non-hydrogen) atoms. The minimum atomic E-state index is -4.82. The van der Waals surface area contributed by atoms with Gasteiger partial charge in [-0.05, 0) is 23.8 Å². The number of benzene rings is 1. The monoisotopic (exact) mass is 228 g/mol. The molecule has 1 aromatic rings. The Bertz CT molecular complexity index is 316. The number of hydrogen-bond donors (Lipinski definition) is 1. The number of hydrogen-bond acceptors (Lipinski definition) is 1. The lowest BCUT2D eigenvalue weighted by molar-refractivity contribution is -0.206. The van der Waals surface area contributed by atoms with Crippen molar-refractivity contribution in [3.63, 3.8) is 0 Å². The standard InChI is InChI=1S/C8H5ClF4O/c9-5-1-4(2-6(10)3-5)7(14)8(11,12)13/h1-3,7,14H. The van der Waals surface area contributed by atoms with Gasteiger partial charge in [0.15, 0.2) is 6.10 Å². The molecule has 0 aliphatic heterocycles. The van der Waals surface area contributed by atoms with Gasteiger partial charge in [0.05, 0.1) is 0 Å². The van der Waals surface area contributed by atoms with E-state index in [1.165, 1.54) is 0 Å². The quantitative estimate of drug-likeness (QED) is 0.733. The third-order valence-electron chi connectivity index (χ3n) is 1.51. The fourth-order valence-corrected chi connectivity index (χ4v) is 1.15. The summed E-state index contributed by atoms with van der Waals surface area (Å²) in [6.07, 6.45) is -7.53. The Balaban J connectivity index is 3.07. The molecule has 0 saturated heterocycles. The van der Waals surface area contributed by atoms with Gasteiger partial charge >= 0.3 is 6.18 Å². The molecule has 0 aromatic heterocycles. The first-order chi connectivity index (χ1) is 6.30. The first kappa shape index (κ1) is 11.3. The van der Waals surface area contributed by atoms with E-state index in [2.05, 4.69) is 0 Å². The molecule has 1 aromatic carbocycles. The fraction of sp³-hybridized carbons (Fsp3) is 0.250. The molecular weight excluding hydrogens is 224 g/mol. The van der Waals surface area contributed by atoms with E-state index in [0.29, 0.717) is 6.07 Å². The summed E-state index contributed by atoms with van der Waals surface area (Å²) >= 11 is 5.33. The average Bonchev–Trinajstić information content (AvgIpc) is 1.99. The van der Waals surface area contributed by atoms with Crippen LogP contribution in [-0.2, 0) is 0 Å². The van der Waals surface area contributed by atoms with Crippen molar-refractivity contribution >= 4 is 11.6 Å². The van der Waals surface area contributed by atoms with Crippen LogP contribution in [-0.4, -0.2) is 11.3 Å². The highest BCUT2D eigenvalue weighted by molar-refractivity contribution is 6.30. The van der Waals surface area contributed by atoms with Crippen molar-refractivity contribution < 1.29 is 22.7 Å². The summed E-state index contributed by atoms with van der Waals surface area (Å²) in [6.45, 7) is 0. The maximum absolute atomic E-state index is 12.6. The van der Waals surface area contributed by atoms with Crippen LogP contribution in [0.15, 0.2) is 18.2 Å². The number of alkyl halides is 3. The predicted octanol–water partition coefficient (Wildman–Crippen LogP) is 3.07. The topological polar surface area (TPSA) is 20.2 Å². The van der Waals surface area contributed by atoms with Crippen molar-refractivity contribution in [2.75, 3.05) is 0 Å². The van der Waals surface area contributed by atoms with Crippen LogP contribution < -0.4 is 0 Å². The van der Waals surface area contributed by atoms with E-state index < -0.39 is 23.7 Å². The van der Waals surface area contributed by atoms with Crippen molar-refractivity contribution in [3.05, 3.63) is 34.6 Å². The van der Waals surface area contributed by atoms with Crippen molar-refractivity contribution in [1.82, 2.24) is 0 Å². The molecular formula is C8H5ClF4O. The Morgan fingerprint density at radius 3 is 2.21 bits per heavy atom. The first-order valence-electron chi connectivity index (χ1n) is 3.51. The Hall–Kier alpha value is -0.810. The molecule has 78 valence electrons. The average molecular weight is 229 g/mol. The van der Waals surface area contributed by atoms with Crippen molar-refractivity contribution in [2.45, 2.75) is 12.3 Å². The molecule has 1 nitrogen and oxygen atoms in total.